The van der Waals surface area contributed by atoms with Gasteiger partial charge >= 0.3 is 0 Å². The fourth-order valence-corrected chi connectivity index (χ4v) is 2.36. The Morgan fingerprint density at radius 2 is 2.17 bits per heavy atom. The zero-order chi connectivity index (χ0) is 12.4. The number of hydrogen-bond acceptors (Lipinski definition) is 4. The lowest BCUT2D eigenvalue weighted by atomic mass is 9.92. The fraction of sp³-hybridized carbons (Fsp3) is 0.357. The van der Waals surface area contributed by atoms with E-state index in [-0.39, 0.29) is 11.7 Å². The van der Waals surface area contributed by atoms with Crippen LogP contribution in [-0.4, -0.2) is 29.0 Å². The summed E-state index contributed by atoms with van der Waals surface area (Å²) in [5.41, 5.74) is 2.12. The molecule has 0 N–H and O–H groups in total. The Morgan fingerprint density at radius 1 is 1.28 bits per heavy atom. The number of benzene rings is 1. The first-order valence-electron chi connectivity index (χ1n) is 6.18. The maximum Gasteiger partial charge on any atom is 0.170 e. The van der Waals surface area contributed by atoms with E-state index >= 15 is 0 Å². The van der Waals surface area contributed by atoms with Gasteiger partial charge in [-0.2, -0.15) is 0 Å². The monoisotopic (exact) mass is 242 g/mol. The molecule has 0 radical (unpaired) electrons. The minimum absolute atomic E-state index is 0.0358. The Hall–Kier alpha value is -1.81. The van der Waals surface area contributed by atoms with Gasteiger partial charge in [-0.15, -0.1) is 0 Å². The minimum atomic E-state index is -0.0358. The molecular formula is C14H14N2O2. The van der Waals surface area contributed by atoms with Crippen molar-refractivity contribution in [3.63, 3.8) is 0 Å². The van der Waals surface area contributed by atoms with Gasteiger partial charge in [0.15, 0.2) is 5.78 Å². The van der Waals surface area contributed by atoms with Gasteiger partial charge in [0, 0.05) is 30.5 Å². The molecule has 0 saturated carbocycles. The summed E-state index contributed by atoms with van der Waals surface area (Å²) in [6, 6.07) is 5.55. The normalized spacial score (nSPS) is 19.9. The molecule has 4 heteroatoms. The first-order valence-corrected chi connectivity index (χ1v) is 6.18. The number of carbonyl (C=O) groups is 1. The van der Waals surface area contributed by atoms with Crippen LogP contribution in [0.2, 0.25) is 0 Å². The van der Waals surface area contributed by atoms with E-state index in [2.05, 4.69) is 9.97 Å². The van der Waals surface area contributed by atoms with Gasteiger partial charge in [-0.3, -0.25) is 14.8 Å². The summed E-state index contributed by atoms with van der Waals surface area (Å²) in [4.78, 5) is 21.0. The average molecular weight is 242 g/mol. The molecule has 18 heavy (non-hydrogen) atoms. The third kappa shape index (κ3) is 1.99. The highest BCUT2D eigenvalue weighted by molar-refractivity contribution is 6.07. The van der Waals surface area contributed by atoms with Gasteiger partial charge in [-0.25, -0.2) is 0 Å². The van der Waals surface area contributed by atoms with Crippen molar-refractivity contribution in [3.05, 3.63) is 36.2 Å². The van der Waals surface area contributed by atoms with Crippen LogP contribution in [-0.2, 0) is 4.74 Å². The third-order valence-electron chi connectivity index (χ3n) is 3.30. The Balaban J connectivity index is 2.00. The summed E-state index contributed by atoms with van der Waals surface area (Å²) in [7, 11) is 0. The van der Waals surface area contributed by atoms with Gasteiger partial charge in [0.05, 0.1) is 17.6 Å². The van der Waals surface area contributed by atoms with Crippen LogP contribution < -0.4 is 0 Å². The quantitative estimate of drug-likeness (QED) is 0.758. The number of rotatable bonds is 2. The van der Waals surface area contributed by atoms with Crippen molar-refractivity contribution in [1.82, 2.24) is 9.97 Å². The second-order valence-electron chi connectivity index (χ2n) is 4.51. The number of Topliss-reactive ketones (excluding diaryl/α,β-unsaturated/α-hetero) is 1. The lowest BCUT2D eigenvalue weighted by Crippen LogP contribution is -2.25. The van der Waals surface area contributed by atoms with Crippen molar-refractivity contribution < 1.29 is 9.53 Å². The SMILES string of the molecule is O=C(c1cccc2nccnc12)C1CCCOC1. The summed E-state index contributed by atoms with van der Waals surface area (Å²) in [6.07, 6.45) is 5.11. The Bertz CT molecular complexity index is 572. The molecule has 0 aliphatic carbocycles. The average Bonchev–Trinajstić information content (AvgIpc) is 2.47. The van der Waals surface area contributed by atoms with Gasteiger partial charge < -0.3 is 4.74 Å². The Labute approximate surface area is 105 Å². The zero-order valence-electron chi connectivity index (χ0n) is 10.0. The number of fused-ring (bicyclic) bond motifs is 1. The van der Waals surface area contributed by atoms with Crippen LogP contribution in [0.5, 0.6) is 0 Å². The topological polar surface area (TPSA) is 52.1 Å². The predicted octanol–water partition coefficient (Wildman–Crippen LogP) is 2.24. The predicted molar refractivity (Wildman–Crippen MR) is 67.4 cm³/mol. The highest BCUT2D eigenvalue weighted by Gasteiger charge is 2.24. The van der Waals surface area contributed by atoms with Crippen molar-refractivity contribution in [3.8, 4) is 0 Å². The molecule has 0 amide bonds. The zero-order valence-corrected chi connectivity index (χ0v) is 10.0. The van der Waals surface area contributed by atoms with E-state index in [9.17, 15) is 4.79 Å². The summed E-state index contributed by atoms with van der Waals surface area (Å²) in [5, 5.41) is 0. The summed E-state index contributed by atoms with van der Waals surface area (Å²) in [6.45, 7) is 1.29. The van der Waals surface area contributed by atoms with Gasteiger partial charge in [-0.05, 0) is 25.0 Å². The molecule has 1 fully saturated rings. The van der Waals surface area contributed by atoms with Gasteiger partial charge in [0.1, 0.15) is 0 Å². The van der Waals surface area contributed by atoms with Crippen molar-refractivity contribution in [2.24, 2.45) is 5.92 Å². The fourth-order valence-electron chi connectivity index (χ4n) is 2.36. The third-order valence-corrected chi connectivity index (χ3v) is 3.30. The number of ether oxygens (including phenoxy) is 1. The maximum atomic E-state index is 12.5. The van der Waals surface area contributed by atoms with Gasteiger partial charge in [-0.1, -0.05) is 6.07 Å². The lowest BCUT2D eigenvalue weighted by Gasteiger charge is -2.21. The molecule has 0 spiro atoms. The first-order chi connectivity index (χ1) is 8.86. The molecule has 1 saturated heterocycles. The van der Waals surface area contributed by atoms with Crippen molar-refractivity contribution in [2.45, 2.75) is 12.8 Å². The molecule has 0 bridgehead atoms. The molecule has 4 nitrogen and oxygen atoms in total. The van der Waals surface area contributed by atoms with E-state index in [1.54, 1.807) is 12.4 Å². The maximum absolute atomic E-state index is 12.5. The van der Waals surface area contributed by atoms with Crippen molar-refractivity contribution in [1.29, 1.82) is 0 Å². The molecule has 1 atom stereocenters. The summed E-state index contributed by atoms with van der Waals surface area (Å²) in [5.74, 6) is 0.0900. The number of hydrogen-bond donors (Lipinski definition) is 0. The Morgan fingerprint density at radius 3 is 3.00 bits per heavy atom. The van der Waals surface area contributed by atoms with E-state index in [0.717, 1.165) is 25.0 Å². The molecule has 1 aromatic heterocycles. The molecule has 1 aliphatic rings. The van der Waals surface area contributed by atoms with Crippen molar-refractivity contribution >= 4 is 16.8 Å². The van der Waals surface area contributed by atoms with Crippen molar-refractivity contribution in [2.75, 3.05) is 13.2 Å². The van der Waals surface area contributed by atoms with E-state index in [1.807, 2.05) is 18.2 Å². The van der Waals surface area contributed by atoms with E-state index in [0.29, 0.717) is 17.7 Å². The van der Waals surface area contributed by atoms with Crippen LogP contribution in [0.3, 0.4) is 0 Å². The van der Waals surface area contributed by atoms with E-state index < -0.39 is 0 Å². The highest BCUT2D eigenvalue weighted by atomic mass is 16.5. The lowest BCUT2D eigenvalue weighted by molar-refractivity contribution is 0.0462. The second kappa shape index (κ2) is 4.82. The largest absolute Gasteiger partial charge is 0.381 e. The molecule has 92 valence electrons. The summed E-state index contributed by atoms with van der Waals surface area (Å²) < 4.78 is 5.38. The second-order valence-corrected chi connectivity index (χ2v) is 4.51. The molecule has 1 aliphatic heterocycles. The molecule has 1 unspecified atom stereocenters. The number of carbonyl (C=O) groups excluding carboxylic acids is 1. The van der Waals surface area contributed by atoms with Gasteiger partial charge in [0.25, 0.3) is 0 Å². The standard InChI is InChI=1S/C14H14N2O2/c17-14(10-3-2-8-18-9-10)11-4-1-5-12-13(11)16-7-6-15-12/h1,4-7,10H,2-3,8-9H2. The van der Waals surface area contributed by atoms with Crippen LogP contribution in [0.15, 0.2) is 30.6 Å². The van der Waals surface area contributed by atoms with Gasteiger partial charge in [0.2, 0.25) is 0 Å². The molecule has 2 aromatic rings. The highest BCUT2D eigenvalue weighted by Crippen LogP contribution is 2.22. The number of ketones is 1. The number of aromatic nitrogens is 2. The van der Waals surface area contributed by atoms with E-state index in [4.69, 9.17) is 4.74 Å². The molecular weight excluding hydrogens is 228 g/mol. The smallest absolute Gasteiger partial charge is 0.170 e. The Kier molecular flexibility index (Phi) is 3.02. The molecule has 3 rings (SSSR count). The van der Waals surface area contributed by atoms with Crippen LogP contribution in [0.4, 0.5) is 0 Å². The van der Waals surface area contributed by atoms with Crippen LogP contribution in [0, 0.1) is 5.92 Å². The van der Waals surface area contributed by atoms with Crippen LogP contribution >= 0.6 is 0 Å². The molecule has 2 heterocycles. The number of para-hydroxylation sites is 1. The van der Waals surface area contributed by atoms with Crippen LogP contribution in [0.1, 0.15) is 23.2 Å². The summed E-state index contributed by atoms with van der Waals surface area (Å²) >= 11 is 0. The van der Waals surface area contributed by atoms with E-state index in [1.165, 1.54) is 0 Å². The first kappa shape index (κ1) is 11.3. The number of nitrogens with zero attached hydrogens (tertiary/aromatic N) is 2. The molecule has 1 aromatic carbocycles. The van der Waals surface area contributed by atoms with Crippen LogP contribution in [0.25, 0.3) is 11.0 Å². The minimum Gasteiger partial charge on any atom is -0.381 e.